The van der Waals surface area contributed by atoms with E-state index >= 15 is 0 Å². The molecule has 0 aromatic heterocycles. The fourth-order valence-electron chi connectivity index (χ4n) is 2.54. The number of thioether (sulfide) groups is 1. The molecule has 0 saturated carbocycles. The number of hydrogen-bond donors (Lipinski definition) is 2. The first-order valence-corrected chi connectivity index (χ1v) is 10.2. The lowest BCUT2D eigenvalue weighted by atomic mass is 9.92. The van der Waals surface area contributed by atoms with Gasteiger partial charge in [0.2, 0.25) is 11.8 Å². The molecule has 0 aliphatic rings. The summed E-state index contributed by atoms with van der Waals surface area (Å²) in [6.45, 7) is 6.04. The third-order valence-electron chi connectivity index (χ3n) is 3.81. The molecule has 0 saturated heterocycles. The number of carbonyl (C=O) groups is 3. The van der Waals surface area contributed by atoms with Gasteiger partial charge < -0.3 is 15.4 Å². The number of nitrogens with one attached hydrogen (secondary N) is 2. The van der Waals surface area contributed by atoms with Gasteiger partial charge in [0.05, 0.1) is 24.1 Å². The van der Waals surface area contributed by atoms with Gasteiger partial charge in [-0.15, -0.1) is 11.8 Å². The van der Waals surface area contributed by atoms with Gasteiger partial charge in [-0.2, -0.15) is 0 Å². The zero-order valence-corrected chi connectivity index (χ0v) is 17.9. The number of carbonyl (C=O) groups excluding carboxylic acids is 3. The zero-order chi connectivity index (χ0) is 21.4. The number of benzene rings is 2. The predicted molar refractivity (Wildman–Crippen MR) is 116 cm³/mol. The molecule has 0 aliphatic carbocycles. The minimum absolute atomic E-state index is 0.0263. The van der Waals surface area contributed by atoms with Crippen LogP contribution < -0.4 is 10.6 Å². The van der Waals surface area contributed by atoms with Crippen molar-refractivity contribution in [2.45, 2.75) is 32.1 Å². The van der Waals surface area contributed by atoms with E-state index in [0.717, 1.165) is 10.6 Å². The van der Waals surface area contributed by atoms with Crippen LogP contribution in [0.4, 0.5) is 11.4 Å². The van der Waals surface area contributed by atoms with Crippen molar-refractivity contribution < 1.29 is 19.1 Å². The van der Waals surface area contributed by atoms with Crippen molar-refractivity contribution in [2.75, 3.05) is 23.5 Å². The second kappa shape index (κ2) is 10.1. The highest BCUT2D eigenvalue weighted by atomic mass is 32.2. The molecule has 29 heavy (non-hydrogen) atoms. The molecule has 2 amide bonds. The molecule has 0 atom stereocenters. The molecule has 0 aliphatic heterocycles. The lowest BCUT2D eigenvalue weighted by Crippen LogP contribution is -2.19. The maximum Gasteiger partial charge on any atom is 0.339 e. The molecule has 0 spiro atoms. The van der Waals surface area contributed by atoms with E-state index in [1.54, 1.807) is 24.3 Å². The first kappa shape index (κ1) is 22.5. The molecule has 154 valence electrons. The second-order valence-corrected chi connectivity index (χ2v) is 8.73. The fourth-order valence-corrected chi connectivity index (χ4v) is 3.24. The molecule has 0 fully saturated rings. The van der Waals surface area contributed by atoms with Crippen LogP contribution in [-0.2, 0) is 14.3 Å². The van der Waals surface area contributed by atoms with E-state index in [4.69, 9.17) is 4.74 Å². The molecular weight excluding hydrogens is 388 g/mol. The Morgan fingerprint density at radius 1 is 0.931 bits per heavy atom. The number of anilines is 2. The van der Waals surface area contributed by atoms with Crippen LogP contribution in [0.2, 0.25) is 0 Å². The van der Waals surface area contributed by atoms with E-state index in [1.165, 1.54) is 18.9 Å². The van der Waals surface area contributed by atoms with Crippen LogP contribution in [0.15, 0.2) is 53.4 Å². The molecule has 0 unspecified atom stereocenters. The Balaban J connectivity index is 1.88. The summed E-state index contributed by atoms with van der Waals surface area (Å²) in [6, 6.07) is 14.0. The van der Waals surface area contributed by atoms with E-state index in [9.17, 15) is 14.4 Å². The van der Waals surface area contributed by atoms with Crippen LogP contribution in [0.25, 0.3) is 0 Å². The highest BCUT2D eigenvalue weighted by Gasteiger charge is 2.16. The van der Waals surface area contributed by atoms with Crippen molar-refractivity contribution >= 4 is 40.9 Å². The summed E-state index contributed by atoms with van der Waals surface area (Å²) in [5, 5.41) is 5.61. The van der Waals surface area contributed by atoms with Crippen molar-refractivity contribution in [1.29, 1.82) is 0 Å². The Kier molecular flexibility index (Phi) is 7.84. The van der Waals surface area contributed by atoms with Gasteiger partial charge in [-0.25, -0.2) is 4.79 Å². The third-order valence-corrected chi connectivity index (χ3v) is 4.82. The molecular formula is C22H26N2O4S. The standard InChI is InChI=1S/C22H26N2O4S/c1-22(2,3)13-19(25)23-15-9-11-16(12-10-15)29-14-20(26)24-18-8-6-5-7-17(18)21(27)28-4/h5-12H,13-14H2,1-4H3,(H,23,25)(H,24,26). The quantitative estimate of drug-likeness (QED) is 0.512. The normalized spacial score (nSPS) is 10.9. The van der Waals surface area contributed by atoms with Crippen molar-refractivity contribution in [2.24, 2.45) is 5.41 Å². The number of para-hydroxylation sites is 1. The first-order valence-electron chi connectivity index (χ1n) is 9.18. The third kappa shape index (κ3) is 7.62. The monoisotopic (exact) mass is 414 g/mol. The molecule has 2 aromatic rings. The topological polar surface area (TPSA) is 84.5 Å². The molecule has 0 bridgehead atoms. The highest BCUT2D eigenvalue weighted by Crippen LogP contribution is 2.23. The minimum atomic E-state index is -0.502. The average molecular weight is 415 g/mol. The van der Waals surface area contributed by atoms with Crippen molar-refractivity contribution in [3.63, 3.8) is 0 Å². The molecule has 0 heterocycles. The van der Waals surface area contributed by atoms with Gasteiger partial charge in [0.1, 0.15) is 0 Å². The average Bonchev–Trinajstić information content (AvgIpc) is 2.66. The molecule has 0 radical (unpaired) electrons. The molecule has 2 rings (SSSR count). The lowest BCUT2D eigenvalue weighted by Gasteiger charge is -2.17. The predicted octanol–water partition coefficient (Wildman–Crippen LogP) is 4.58. The van der Waals surface area contributed by atoms with Crippen LogP contribution >= 0.6 is 11.8 Å². The van der Waals surface area contributed by atoms with Crippen LogP contribution in [0.5, 0.6) is 0 Å². The summed E-state index contributed by atoms with van der Waals surface area (Å²) in [7, 11) is 1.30. The Bertz CT molecular complexity index is 873. The molecule has 2 N–H and O–H groups in total. The highest BCUT2D eigenvalue weighted by molar-refractivity contribution is 8.00. The Morgan fingerprint density at radius 2 is 1.59 bits per heavy atom. The van der Waals surface area contributed by atoms with E-state index in [2.05, 4.69) is 10.6 Å². The summed E-state index contributed by atoms with van der Waals surface area (Å²) < 4.78 is 4.73. The van der Waals surface area contributed by atoms with Crippen LogP contribution in [0.1, 0.15) is 37.6 Å². The number of esters is 1. The smallest absolute Gasteiger partial charge is 0.339 e. The lowest BCUT2D eigenvalue weighted by molar-refractivity contribution is -0.118. The molecule has 7 heteroatoms. The van der Waals surface area contributed by atoms with Crippen molar-refractivity contribution in [3.8, 4) is 0 Å². The van der Waals surface area contributed by atoms with Crippen molar-refractivity contribution in [3.05, 3.63) is 54.1 Å². The molecule has 6 nitrogen and oxygen atoms in total. The number of methoxy groups -OCH3 is 1. The Morgan fingerprint density at radius 3 is 2.21 bits per heavy atom. The second-order valence-electron chi connectivity index (χ2n) is 7.68. The largest absolute Gasteiger partial charge is 0.465 e. The summed E-state index contributed by atoms with van der Waals surface area (Å²) in [5.74, 6) is -0.571. The van der Waals surface area contributed by atoms with Gasteiger partial charge in [-0.3, -0.25) is 9.59 Å². The maximum atomic E-state index is 12.3. The Labute approximate surface area is 175 Å². The van der Waals surface area contributed by atoms with Gasteiger partial charge in [-0.1, -0.05) is 32.9 Å². The summed E-state index contributed by atoms with van der Waals surface area (Å²) >= 11 is 1.36. The van der Waals surface area contributed by atoms with Gasteiger partial charge in [0.25, 0.3) is 0 Å². The van der Waals surface area contributed by atoms with Gasteiger partial charge in [0, 0.05) is 17.0 Å². The van der Waals surface area contributed by atoms with E-state index in [0.29, 0.717) is 17.7 Å². The van der Waals surface area contributed by atoms with E-state index in [1.807, 2.05) is 45.0 Å². The SMILES string of the molecule is COC(=O)c1ccccc1NC(=O)CSc1ccc(NC(=O)CC(C)(C)C)cc1. The summed E-state index contributed by atoms with van der Waals surface area (Å²) in [6.07, 6.45) is 0.441. The van der Waals surface area contributed by atoms with Crippen LogP contribution in [-0.4, -0.2) is 30.6 Å². The van der Waals surface area contributed by atoms with Gasteiger partial charge in [0.15, 0.2) is 0 Å². The number of rotatable bonds is 7. The fraction of sp³-hybridized carbons (Fsp3) is 0.318. The summed E-state index contributed by atoms with van der Waals surface area (Å²) in [4.78, 5) is 36.9. The zero-order valence-electron chi connectivity index (χ0n) is 17.1. The summed E-state index contributed by atoms with van der Waals surface area (Å²) in [5.41, 5.74) is 1.38. The van der Waals surface area contributed by atoms with Crippen LogP contribution in [0, 0.1) is 5.41 Å². The first-order chi connectivity index (χ1) is 13.7. The number of amides is 2. The molecule has 2 aromatic carbocycles. The number of hydrogen-bond acceptors (Lipinski definition) is 5. The Hall–Kier alpha value is -2.80. The van der Waals surface area contributed by atoms with Gasteiger partial charge in [-0.05, 0) is 41.8 Å². The van der Waals surface area contributed by atoms with Gasteiger partial charge >= 0.3 is 5.97 Å². The van der Waals surface area contributed by atoms with E-state index < -0.39 is 5.97 Å². The minimum Gasteiger partial charge on any atom is -0.465 e. The van der Waals surface area contributed by atoms with E-state index in [-0.39, 0.29) is 23.0 Å². The van der Waals surface area contributed by atoms with Crippen molar-refractivity contribution in [1.82, 2.24) is 0 Å². The number of ether oxygens (including phenoxy) is 1. The van der Waals surface area contributed by atoms with Crippen LogP contribution in [0.3, 0.4) is 0 Å². The maximum absolute atomic E-state index is 12.3.